The predicted molar refractivity (Wildman–Crippen MR) is 108 cm³/mol. The summed E-state index contributed by atoms with van der Waals surface area (Å²) in [5.41, 5.74) is 3.57. The lowest BCUT2D eigenvalue weighted by Crippen LogP contribution is -2.21. The average molecular weight is 360 g/mol. The van der Waals surface area contributed by atoms with Gasteiger partial charge in [-0.15, -0.1) is 11.3 Å². The summed E-state index contributed by atoms with van der Waals surface area (Å²) in [6.07, 6.45) is 3.08. The molecule has 0 atom stereocenters. The van der Waals surface area contributed by atoms with Crippen molar-refractivity contribution in [1.82, 2.24) is 9.88 Å². The molecule has 0 saturated carbocycles. The second kappa shape index (κ2) is 7.18. The van der Waals surface area contributed by atoms with Crippen LogP contribution in [0.4, 0.5) is 0 Å². The van der Waals surface area contributed by atoms with Gasteiger partial charge >= 0.3 is 0 Å². The van der Waals surface area contributed by atoms with Gasteiger partial charge in [-0.05, 0) is 47.2 Å². The van der Waals surface area contributed by atoms with E-state index in [-0.39, 0.29) is 5.91 Å². The van der Waals surface area contributed by atoms with Gasteiger partial charge in [-0.25, -0.2) is 0 Å². The Bertz CT molecular complexity index is 1040. The lowest BCUT2D eigenvalue weighted by Gasteiger charge is -2.05. The molecule has 4 heteroatoms. The van der Waals surface area contributed by atoms with Gasteiger partial charge in [0, 0.05) is 12.7 Å². The molecular formula is C22H20N2OS. The number of nitrogens with one attached hydrogen (secondary N) is 1. The van der Waals surface area contributed by atoms with Crippen LogP contribution in [0.5, 0.6) is 0 Å². The second-order valence-electron chi connectivity index (χ2n) is 6.24. The van der Waals surface area contributed by atoms with Crippen molar-refractivity contribution in [3.8, 4) is 5.00 Å². The summed E-state index contributed by atoms with van der Waals surface area (Å²) < 4.78 is 2.13. The second-order valence-corrected chi connectivity index (χ2v) is 7.30. The molecule has 1 N–H and O–H groups in total. The summed E-state index contributed by atoms with van der Waals surface area (Å²) in [5.74, 6) is -0.0303. The molecule has 0 spiro atoms. The van der Waals surface area contributed by atoms with Crippen molar-refractivity contribution < 1.29 is 4.79 Å². The fraction of sp³-hybridized carbons (Fsp3) is 0.136. The van der Waals surface area contributed by atoms with Crippen molar-refractivity contribution in [2.24, 2.45) is 0 Å². The van der Waals surface area contributed by atoms with Gasteiger partial charge in [0.1, 0.15) is 5.00 Å². The number of hydrogen-bond acceptors (Lipinski definition) is 2. The van der Waals surface area contributed by atoms with E-state index in [4.69, 9.17) is 0 Å². The molecule has 4 rings (SSSR count). The number of amides is 1. The van der Waals surface area contributed by atoms with E-state index in [2.05, 4.69) is 59.3 Å². The molecule has 130 valence electrons. The van der Waals surface area contributed by atoms with Gasteiger partial charge in [0.05, 0.1) is 10.4 Å². The average Bonchev–Trinajstić information content (AvgIpc) is 3.33. The Morgan fingerprint density at radius 3 is 2.54 bits per heavy atom. The number of nitrogens with zero attached hydrogens (tertiary/aromatic N) is 1. The third-order valence-electron chi connectivity index (χ3n) is 4.54. The highest BCUT2D eigenvalue weighted by molar-refractivity contribution is 7.16. The van der Waals surface area contributed by atoms with E-state index in [1.807, 2.05) is 30.5 Å². The molecule has 0 aliphatic carbocycles. The van der Waals surface area contributed by atoms with Crippen LogP contribution >= 0.6 is 11.3 Å². The Morgan fingerprint density at radius 2 is 1.73 bits per heavy atom. The lowest BCUT2D eigenvalue weighted by molar-refractivity contribution is 0.0955. The van der Waals surface area contributed by atoms with Gasteiger partial charge in [0.15, 0.2) is 0 Å². The number of aromatic nitrogens is 1. The molecule has 0 aliphatic rings. The van der Waals surface area contributed by atoms with Crippen molar-refractivity contribution in [2.75, 3.05) is 0 Å². The fourth-order valence-corrected chi connectivity index (χ4v) is 3.94. The zero-order valence-corrected chi connectivity index (χ0v) is 15.4. The molecular weight excluding hydrogens is 340 g/mol. The number of carbonyl (C=O) groups excluding carboxylic acids is 1. The van der Waals surface area contributed by atoms with Crippen molar-refractivity contribution in [3.05, 3.63) is 88.9 Å². The largest absolute Gasteiger partial charge is 0.347 e. The quantitative estimate of drug-likeness (QED) is 0.522. The number of benzene rings is 2. The third-order valence-corrected chi connectivity index (χ3v) is 5.62. The van der Waals surface area contributed by atoms with Gasteiger partial charge < -0.3 is 9.88 Å². The molecule has 26 heavy (non-hydrogen) atoms. The maximum absolute atomic E-state index is 12.5. The van der Waals surface area contributed by atoms with Gasteiger partial charge in [0.2, 0.25) is 0 Å². The van der Waals surface area contributed by atoms with Crippen molar-refractivity contribution >= 4 is 28.1 Å². The minimum absolute atomic E-state index is 0.0303. The summed E-state index contributed by atoms with van der Waals surface area (Å²) in [6, 6.07) is 22.6. The van der Waals surface area contributed by atoms with E-state index in [0.29, 0.717) is 6.54 Å². The number of para-hydroxylation sites is 1. The lowest BCUT2D eigenvalue weighted by atomic mass is 10.1. The summed E-state index contributed by atoms with van der Waals surface area (Å²) >= 11 is 1.51. The first-order valence-corrected chi connectivity index (χ1v) is 9.58. The van der Waals surface area contributed by atoms with E-state index in [0.717, 1.165) is 27.4 Å². The topological polar surface area (TPSA) is 34.0 Å². The highest BCUT2D eigenvalue weighted by atomic mass is 32.1. The van der Waals surface area contributed by atoms with Crippen LogP contribution in [0.3, 0.4) is 0 Å². The van der Waals surface area contributed by atoms with Crippen molar-refractivity contribution in [2.45, 2.75) is 19.9 Å². The number of rotatable bonds is 5. The smallest absolute Gasteiger partial charge is 0.261 e. The minimum Gasteiger partial charge on any atom is -0.347 e. The third kappa shape index (κ3) is 3.28. The van der Waals surface area contributed by atoms with Crippen LogP contribution in [-0.4, -0.2) is 10.5 Å². The molecule has 0 fully saturated rings. The first-order chi connectivity index (χ1) is 12.7. The van der Waals surface area contributed by atoms with E-state index in [9.17, 15) is 4.79 Å². The van der Waals surface area contributed by atoms with Crippen LogP contribution in [0.15, 0.2) is 72.9 Å². The zero-order chi connectivity index (χ0) is 17.9. The monoisotopic (exact) mass is 360 g/mol. The van der Waals surface area contributed by atoms with Gasteiger partial charge in [-0.3, -0.25) is 4.79 Å². The van der Waals surface area contributed by atoms with E-state index < -0.39 is 0 Å². The highest BCUT2D eigenvalue weighted by Crippen LogP contribution is 2.26. The molecule has 2 aromatic heterocycles. The molecule has 3 nitrogen and oxygen atoms in total. The van der Waals surface area contributed by atoms with Gasteiger partial charge in [-0.1, -0.05) is 49.4 Å². The minimum atomic E-state index is -0.0303. The maximum atomic E-state index is 12.5. The Labute approximate surface area is 156 Å². The molecule has 0 saturated heterocycles. The highest BCUT2D eigenvalue weighted by Gasteiger charge is 2.11. The summed E-state index contributed by atoms with van der Waals surface area (Å²) in [4.78, 5) is 13.2. The zero-order valence-electron chi connectivity index (χ0n) is 14.6. The molecule has 0 unspecified atom stereocenters. The molecule has 4 aromatic rings. The van der Waals surface area contributed by atoms with E-state index in [1.54, 1.807) is 0 Å². The Hall–Kier alpha value is -2.85. The first-order valence-electron chi connectivity index (χ1n) is 8.77. The predicted octanol–water partition coefficient (Wildman–Crippen LogP) is 5.18. The normalized spacial score (nSPS) is 11.0. The standard InChI is InChI=1S/C22H20N2OS/c1-2-16-7-9-17(10-8-16)15-23-22(25)20-11-12-21(26-20)24-14-13-18-5-3-4-6-19(18)24/h3-14H,2,15H2,1H3,(H,23,25). The van der Waals surface area contributed by atoms with Crippen molar-refractivity contribution in [3.63, 3.8) is 0 Å². The molecule has 1 amide bonds. The van der Waals surface area contributed by atoms with Crippen LogP contribution in [-0.2, 0) is 13.0 Å². The molecule has 2 aromatic carbocycles. The Kier molecular flexibility index (Phi) is 4.59. The number of thiophene rings is 1. The van der Waals surface area contributed by atoms with Gasteiger partial charge in [0.25, 0.3) is 5.91 Å². The van der Waals surface area contributed by atoms with Gasteiger partial charge in [-0.2, -0.15) is 0 Å². The van der Waals surface area contributed by atoms with Crippen LogP contribution < -0.4 is 5.32 Å². The SMILES string of the molecule is CCc1ccc(CNC(=O)c2ccc(-n3ccc4ccccc43)s2)cc1. The van der Waals surface area contributed by atoms with E-state index >= 15 is 0 Å². The number of hydrogen-bond donors (Lipinski definition) is 1. The number of carbonyl (C=O) groups is 1. The van der Waals surface area contributed by atoms with Crippen LogP contribution in [0.25, 0.3) is 15.9 Å². The number of fused-ring (bicyclic) bond motifs is 1. The maximum Gasteiger partial charge on any atom is 0.261 e. The van der Waals surface area contributed by atoms with Crippen molar-refractivity contribution in [1.29, 1.82) is 0 Å². The van der Waals surface area contributed by atoms with E-state index in [1.165, 1.54) is 22.3 Å². The molecule has 0 bridgehead atoms. The molecule has 0 aliphatic heterocycles. The van der Waals surface area contributed by atoms with Crippen LogP contribution in [0, 0.1) is 0 Å². The first kappa shape index (κ1) is 16.6. The Morgan fingerprint density at radius 1 is 0.962 bits per heavy atom. The summed E-state index contributed by atoms with van der Waals surface area (Å²) in [6.45, 7) is 2.68. The molecule has 2 heterocycles. The van der Waals surface area contributed by atoms with Crippen LogP contribution in [0.2, 0.25) is 0 Å². The van der Waals surface area contributed by atoms with Crippen LogP contribution in [0.1, 0.15) is 27.7 Å². The fourth-order valence-electron chi connectivity index (χ4n) is 3.02. The number of aryl methyl sites for hydroxylation is 1. The summed E-state index contributed by atoms with van der Waals surface area (Å²) in [7, 11) is 0. The summed E-state index contributed by atoms with van der Waals surface area (Å²) in [5, 5.41) is 5.25. The molecule has 0 radical (unpaired) electrons. The Balaban J connectivity index is 1.47.